The van der Waals surface area contributed by atoms with Crippen molar-refractivity contribution < 1.29 is 14.3 Å². The van der Waals surface area contributed by atoms with Gasteiger partial charge >= 0.3 is 0 Å². The number of rotatable bonds is 7. The van der Waals surface area contributed by atoms with E-state index in [4.69, 9.17) is 9.47 Å². The SMILES string of the molecule is CC=Cc1ccc(OCC(=O)Nc2ccccc2-c2ccccc2)c(OC)c1. The molecule has 0 aliphatic carbocycles. The standard InChI is InChI=1S/C24H23NO3/c1-3-9-18-14-15-22(23(16-18)27-2)28-17-24(26)25-21-13-8-7-12-20(21)19-10-5-4-6-11-19/h3-16H,17H2,1-2H3,(H,25,26). The van der Waals surface area contributed by atoms with E-state index in [1.165, 1.54) is 0 Å². The molecule has 0 heterocycles. The Bertz CT molecular complexity index is 965. The fraction of sp³-hybridized carbons (Fsp3) is 0.125. The fourth-order valence-corrected chi connectivity index (χ4v) is 2.89. The van der Waals surface area contributed by atoms with Crippen LogP contribution in [0.2, 0.25) is 0 Å². The van der Waals surface area contributed by atoms with Crippen molar-refractivity contribution in [3.63, 3.8) is 0 Å². The van der Waals surface area contributed by atoms with Gasteiger partial charge in [-0.3, -0.25) is 4.79 Å². The topological polar surface area (TPSA) is 47.6 Å². The molecule has 1 N–H and O–H groups in total. The molecule has 142 valence electrons. The average molecular weight is 373 g/mol. The Morgan fingerprint density at radius 1 is 0.964 bits per heavy atom. The zero-order valence-corrected chi connectivity index (χ0v) is 16.0. The van der Waals surface area contributed by atoms with Gasteiger partial charge in [0.05, 0.1) is 7.11 Å². The Morgan fingerprint density at radius 2 is 1.71 bits per heavy atom. The molecule has 4 heteroatoms. The highest BCUT2D eigenvalue weighted by atomic mass is 16.5. The summed E-state index contributed by atoms with van der Waals surface area (Å²) in [5.74, 6) is 0.887. The van der Waals surface area contributed by atoms with Gasteiger partial charge < -0.3 is 14.8 Å². The van der Waals surface area contributed by atoms with Gasteiger partial charge in [0.1, 0.15) is 0 Å². The molecule has 0 saturated carbocycles. The Kier molecular flexibility index (Phi) is 6.47. The van der Waals surface area contributed by atoms with Gasteiger partial charge in [0.2, 0.25) is 0 Å². The summed E-state index contributed by atoms with van der Waals surface area (Å²) in [7, 11) is 1.58. The van der Waals surface area contributed by atoms with Crippen LogP contribution in [0.25, 0.3) is 17.2 Å². The number of hydrogen-bond acceptors (Lipinski definition) is 3. The summed E-state index contributed by atoms with van der Waals surface area (Å²) in [6, 6.07) is 23.2. The summed E-state index contributed by atoms with van der Waals surface area (Å²) in [5, 5.41) is 2.93. The largest absolute Gasteiger partial charge is 0.493 e. The molecule has 0 fully saturated rings. The van der Waals surface area contributed by atoms with Crippen LogP contribution in [0.3, 0.4) is 0 Å². The first kappa shape index (κ1) is 19.2. The monoisotopic (exact) mass is 373 g/mol. The van der Waals surface area contributed by atoms with E-state index in [0.717, 1.165) is 22.4 Å². The minimum atomic E-state index is -0.233. The van der Waals surface area contributed by atoms with E-state index in [2.05, 4.69) is 5.32 Å². The van der Waals surface area contributed by atoms with Crippen LogP contribution in [-0.4, -0.2) is 19.6 Å². The normalized spacial score (nSPS) is 10.6. The zero-order valence-electron chi connectivity index (χ0n) is 16.0. The number of anilines is 1. The molecule has 3 aromatic rings. The molecule has 3 rings (SSSR count). The molecule has 0 radical (unpaired) electrons. The number of carbonyl (C=O) groups excluding carboxylic acids is 1. The molecule has 1 amide bonds. The summed E-state index contributed by atoms with van der Waals surface area (Å²) < 4.78 is 11.0. The maximum absolute atomic E-state index is 12.5. The van der Waals surface area contributed by atoms with E-state index in [1.807, 2.05) is 85.8 Å². The van der Waals surface area contributed by atoms with E-state index in [1.54, 1.807) is 13.2 Å². The molecule has 0 aromatic heterocycles. The van der Waals surface area contributed by atoms with Crippen molar-refractivity contribution >= 4 is 17.7 Å². The maximum atomic E-state index is 12.5. The highest BCUT2D eigenvalue weighted by molar-refractivity contribution is 5.96. The van der Waals surface area contributed by atoms with E-state index in [-0.39, 0.29) is 12.5 Å². The lowest BCUT2D eigenvalue weighted by Gasteiger charge is -2.13. The molecule has 28 heavy (non-hydrogen) atoms. The van der Waals surface area contributed by atoms with Crippen LogP contribution in [0, 0.1) is 0 Å². The van der Waals surface area contributed by atoms with E-state index >= 15 is 0 Å². The van der Waals surface area contributed by atoms with Crippen LogP contribution >= 0.6 is 0 Å². The summed E-state index contributed by atoms with van der Waals surface area (Å²) >= 11 is 0. The Hall–Kier alpha value is -3.53. The van der Waals surface area contributed by atoms with Crippen LogP contribution in [-0.2, 0) is 4.79 Å². The zero-order chi connectivity index (χ0) is 19.8. The van der Waals surface area contributed by atoms with Gasteiger partial charge in [-0.25, -0.2) is 0 Å². The summed E-state index contributed by atoms with van der Waals surface area (Å²) in [6.07, 6.45) is 3.92. The number of benzene rings is 3. The molecule has 0 saturated heterocycles. The lowest BCUT2D eigenvalue weighted by Crippen LogP contribution is -2.20. The van der Waals surface area contributed by atoms with Crippen LogP contribution in [0.4, 0.5) is 5.69 Å². The number of ether oxygens (including phenoxy) is 2. The smallest absolute Gasteiger partial charge is 0.262 e. The van der Waals surface area contributed by atoms with Gasteiger partial charge in [-0.2, -0.15) is 0 Å². The average Bonchev–Trinajstić information content (AvgIpc) is 2.74. The van der Waals surface area contributed by atoms with E-state index in [9.17, 15) is 4.79 Å². The predicted octanol–water partition coefficient (Wildman–Crippen LogP) is 5.41. The van der Waals surface area contributed by atoms with Gasteiger partial charge in [-0.15, -0.1) is 0 Å². The van der Waals surface area contributed by atoms with E-state index < -0.39 is 0 Å². The summed E-state index contributed by atoms with van der Waals surface area (Å²) in [6.45, 7) is 1.84. The van der Waals surface area contributed by atoms with Crippen LogP contribution in [0.1, 0.15) is 12.5 Å². The quantitative estimate of drug-likeness (QED) is 0.602. The van der Waals surface area contributed by atoms with Crippen molar-refractivity contribution in [2.75, 3.05) is 19.0 Å². The molecular weight excluding hydrogens is 350 g/mol. The lowest BCUT2D eigenvalue weighted by molar-refractivity contribution is -0.118. The lowest BCUT2D eigenvalue weighted by atomic mass is 10.0. The highest BCUT2D eigenvalue weighted by Gasteiger charge is 2.11. The van der Waals surface area contributed by atoms with Gasteiger partial charge in [0.25, 0.3) is 5.91 Å². The minimum Gasteiger partial charge on any atom is -0.493 e. The second-order valence-electron chi connectivity index (χ2n) is 6.16. The van der Waals surface area contributed by atoms with Crippen molar-refractivity contribution in [1.29, 1.82) is 0 Å². The molecule has 0 bridgehead atoms. The van der Waals surface area contributed by atoms with Crippen molar-refractivity contribution in [3.8, 4) is 22.6 Å². The number of para-hydroxylation sites is 1. The number of nitrogens with one attached hydrogen (secondary N) is 1. The molecule has 4 nitrogen and oxygen atoms in total. The number of hydrogen-bond donors (Lipinski definition) is 1. The van der Waals surface area contributed by atoms with Crippen molar-refractivity contribution in [2.24, 2.45) is 0 Å². The number of allylic oxidation sites excluding steroid dienone is 1. The van der Waals surface area contributed by atoms with Crippen molar-refractivity contribution in [1.82, 2.24) is 0 Å². The van der Waals surface area contributed by atoms with E-state index in [0.29, 0.717) is 11.5 Å². The first-order valence-electron chi connectivity index (χ1n) is 9.09. The molecule has 0 atom stereocenters. The first-order chi connectivity index (χ1) is 13.7. The summed E-state index contributed by atoms with van der Waals surface area (Å²) in [5.41, 5.74) is 3.76. The molecule has 3 aromatic carbocycles. The molecule has 0 spiro atoms. The van der Waals surface area contributed by atoms with Gasteiger partial charge in [-0.1, -0.05) is 66.7 Å². The first-order valence-corrected chi connectivity index (χ1v) is 9.09. The van der Waals surface area contributed by atoms with Crippen LogP contribution in [0.5, 0.6) is 11.5 Å². The second-order valence-corrected chi connectivity index (χ2v) is 6.16. The second kappa shape index (κ2) is 9.42. The van der Waals surface area contributed by atoms with Crippen LogP contribution in [0.15, 0.2) is 78.9 Å². The third kappa shape index (κ3) is 4.80. The Balaban J connectivity index is 1.69. The number of carbonyl (C=O) groups is 1. The maximum Gasteiger partial charge on any atom is 0.262 e. The van der Waals surface area contributed by atoms with Crippen LogP contribution < -0.4 is 14.8 Å². The highest BCUT2D eigenvalue weighted by Crippen LogP contribution is 2.29. The fourth-order valence-electron chi connectivity index (χ4n) is 2.89. The van der Waals surface area contributed by atoms with Gasteiger partial charge in [0, 0.05) is 11.3 Å². The minimum absolute atomic E-state index is 0.109. The molecule has 0 aliphatic rings. The Labute approximate surface area is 165 Å². The molecule has 0 unspecified atom stereocenters. The predicted molar refractivity (Wildman–Crippen MR) is 114 cm³/mol. The third-order valence-electron chi connectivity index (χ3n) is 4.19. The number of amides is 1. The van der Waals surface area contributed by atoms with Gasteiger partial charge in [-0.05, 0) is 36.2 Å². The number of methoxy groups -OCH3 is 1. The van der Waals surface area contributed by atoms with Crippen molar-refractivity contribution in [3.05, 3.63) is 84.4 Å². The summed E-state index contributed by atoms with van der Waals surface area (Å²) in [4.78, 5) is 12.5. The molecule has 0 aliphatic heterocycles. The molecular formula is C24H23NO3. The van der Waals surface area contributed by atoms with Crippen molar-refractivity contribution in [2.45, 2.75) is 6.92 Å². The Morgan fingerprint density at radius 3 is 2.46 bits per heavy atom. The van der Waals surface area contributed by atoms with Gasteiger partial charge in [0.15, 0.2) is 18.1 Å². The third-order valence-corrected chi connectivity index (χ3v) is 4.19.